The van der Waals surface area contributed by atoms with E-state index < -0.39 is 16.3 Å². The second-order valence-corrected chi connectivity index (χ2v) is 7.73. The molecule has 33 heavy (non-hydrogen) atoms. The van der Waals surface area contributed by atoms with Crippen LogP contribution in [0.15, 0.2) is 42.5 Å². The first-order valence-electron chi connectivity index (χ1n) is 11.0. The number of anilines is 1. The third kappa shape index (κ3) is 5.48. The van der Waals surface area contributed by atoms with Gasteiger partial charge in [-0.25, -0.2) is 4.79 Å². The molecule has 0 atom stereocenters. The van der Waals surface area contributed by atoms with Crippen molar-refractivity contribution in [3.8, 4) is 5.75 Å². The Balaban J connectivity index is 1.91. The Bertz CT molecular complexity index is 998. The quantitative estimate of drug-likeness (QED) is 0.341. The standard InChI is InChI=1S/C24H28N2O7/c1-3-13-33-21-10-7-18(16-20(21)22(27)32-4-2)25-23(28)24(11-14-31-15-12-24)17-5-8-19(9-6-17)26(29)30/h5-10,16H,3-4,11-15H2,1-2H3,(H,25,28). The number of carbonyl (C=O) groups is 2. The van der Waals surface area contributed by atoms with E-state index in [-0.39, 0.29) is 23.8 Å². The smallest absolute Gasteiger partial charge is 0.341 e. The van der Waals surface area contributed by atoms with E-state index in [1.807, 2.05) is 6.92 Å². The van der Waals surface area contributed by atoms with Crippen LogP contribution in [0, 0.1) is 10.1 Å². The number of non-ortho nitro benzene ring substituents is 1. The summed E-state index contributed by atoms with van der Waals surface area (Å²) in [5, 5.41) is 13.9. The molecule has 0 aromatic heterocycles. The molecule has 0 unspecified atom stereocenters. The summed E-state index contributed by atoms with van der Waals surface area (Å²) < 4.78 is 16.3. The zero-order valence-corrected chi connectivity index (χ0v) is 18.8. The van der Waals surface area contributed by atoms with Crippen LogP contribution in [0.2, 0.25) is 0 Å². The summed E-state index contributed by atoms with van der Waals surface area (Å²) in [7, 11) is 0. The highest BCUT2D eigenvalue weighted by atomic mass is 16.6. The molecule has 0 bridgehead atoms. The highest BCUT2D eigenvalue weighted by Crippen LogP contribution is 2.37. The van der Waals surface area contributed by atoms with Gasteiger partial charge in [0.1, 0.15) is 11.3 Å². The molecule has 176 valence electrons. The van der Waals surface area contributed by atoms with E-state index >= 15 is 0 Å². The molecular formula is C24H28N2O7. The number of carbonyl (C=O) groups excluding carboxylic acids is 2. The van der Waals surface area contributed by atoms with Crippen LogP contribution in [-0.4, -0.2) is 43.2 Å². The number of rotatable bonds is 9. The highest BCUT2D eigenvalue weighted by Gasteiger charge is 2.42. The minimum Gasteiger partial charge on any atom is -0.493 e. The Morgan fingerprint density at radius 3 is 2.42 bits per heavy atom. The van der Waals surface area contributed by atoms with E-state index in [1.165, 1.54) is 12.1 Å². The monoisotopic (exact) mass is 456 g/mol. The molecule has 2 aromatic carbocycles. The summed E-state index contributed by atoms with van der Waals surface area (Å²) in [6.45, 7) is 5.12. The molecule has 1 fully saturated rings. The van der Waals surface area contributed by atoms with Crippen LogP contribution >= 0.6 is 0 Å². The van der Waals surface area contributed by atoms with E-state index in [1.54, 1.807) is 37.3 Å². The minimum absolute atomic E-state index is 0.0388. The van der Waals surface area contributed by atoms with Crippen LogP contribution in [-0.2, 0) is 19.7 Å². The Hall–Kier alpha value is -3.46. The first-order valence-corrected chi connectivity index (χ1v) is 11.0. The van der Waals surface area contributed by atoms with Gasteiger partial charge in [-0.1, -0.05) is 19.1 Å². The number of hydrogen-bond donors (Lipinski definition) is 1. The zero-order chi connectivity index (χ0) is 23.8. The van der Waals surface area contributed by atoms with Gasteiger partial charge in [0.25, 0.3) is 5.69 Å². The van der Waals surface area contributed by atoms with Crippen LogP contribution in [0.3, 0.4) is 0 Å². The van der Waals surface area contributed by atoms with Crippen molar-refractivity contribution in [1.82, 2.24) is 0 Å². The number of benzene rings is 2. The van der Waals surface area contributed by atoms with E-state index in [0.717, 1.165) is 6.42 Å². The molecule has 9 heteroatoms. The number of nitrogens with one attached hydrogen (secondary N) is 1. The lowest BCUT2D eigenvalue weighted by atomic mass is 9.73. The van der Waals surface area contributed by atoms with Crippen LogP contribution in [0.1, 0.15) is 49.0 Å². The summed E-state index contributed by atoms with van der Waals surface area (Å²) in [4.78, 5) is 36.5. The number of esters is 1. The number of nitrogens with zero attached hydrogens (tertiary/aromatic N) is 1. The van der Waals surface area contributed by atoms with Crippen molar-refractivity contribution in [3.63, 3.8) is 0 Å². The lowest BCUT2D eigenvalue weighted by Gasteiger charge is -2.36. The SMILES string of the molecule is CCCOc1ccc(NC(=O)C2(c3ccc([N+](=O)[O-])cc3)CCOCC2)cc1C(=O)OCC. The first-order chi connectivity index (χ1) is 15.9. The van der Waals surface area contributed by atoms with Crippen molar-refractivity contribution in [2.75, 3.05) is 31.7 Å². The zero-order valence-electron chi connectivity index (χ0n) is 18.8. The highest BCUT2D eigenvalue weighted by molar-refractivity contribution is 6.01. The van der Waals surface area contributed by atoms with Crippen molar-refractivity contribution < 1.29 is 28.7 Å². The van der Waals surface area contributed by atoms with Crippen molar-refractivity contribution in [3.05, 3.63) is 63.7 Å². The molecular weight excluding hydrogens is 428 g/mol. The molecule has 0 spiro atoms. The summed E-state index contributed by atoms with van der Waals surface area (Å²) in [5.74, 6) is -0.406. The van der Waals surface area contributed by atoms with Crippen LogP contribution in [0.4, 0.5) is 11.4 Å². The molecule has 9 nitrogen and oxygen atoms in total. The molecule has 1 amide bonds. The average molecular weight is 456 g/mol. The third-order valence-corrected chi connectivity index (χ3v) is 5.61. The summed E-state index contributed by atoms with van der Waals surface area (Å²) in [5.41, 5.74) is 0.402. The van der Waals surface area contributed by atoms with Crippen LogP contribution < -0.4 is 10.1 Å². The molecule has 1 aliphatic heterocycles. The van der Waals surface area contributed by atoms with Gasteiger partial charge in [-0.3, -0.25) is 14.9 Å². The van der Waals surface area contributed by atoms with Gasteiger partial charge in [-0.2, -0.15) is 0 Å². The molecule has 0 aliphatic carbocycles. The maximum Gasteiger partial charge on any atom is 0.341 e. The lowest BCUT2D eigenvalue weighted by molar-refractivity contribution is -0.384. The fourth-order valence-electron chi connectivity index (χ4n) is 3.83. The fourth-order valence-corrected chi connectivity index (χ4v) is 3.83. The van der Waals surface area contributed by atoms with E-state index in [0.29, 0.717) is 49.7 Å². The second-order valence-electron chi connectivity index (χ2n) is 7.73. The third-order valence-electron chi connectivity index (χ3n) is 5.61. The second kappa shape index (κ2) is 10.9. The van der Waals surface area contributed by atoms with Crippen LogP contribution in [0.25, 0.3) is 0 Å². The topological polar surface area (TPSA) is 117 Å². The Morgan fingerprint density at radius 1 is 1.12 bits per heavy atom. The Kier molecular flexibility index (Phi) is 8.00. The minimum atomic E-state index is -0.908. The van der Waals surface area contributed by atoms with E-state index in [2.05, 4.69) is 5.32 Å². The molecule has 0 saturated carbocycles. The van der Waals surface area contributed by atoms with Crippen molar-refractivity contribution in [1.29, 1.82) is 0 Å². The van der Waals surface area contributed by atoms with Gasteiger partial charge in [-0.05, 0) is 49.9 Å². The summed E-state index contributed by atoms with van der Waals surface area (Å²) in [6, 6.07) is 10.9. The summed E-state index contributed by atoms with van der Waals surface area (Å²) >= 11 is 0. The van der Waals surface area contributed by atoms with Crippen molar-refractivity contribution in [2.45, 2.75) is 38.5 Å². The molecule has 3 rings (SSSR count). The number of amides is 1. The Labute approximate surface area is 192 Å². The van der Waals surface area contributed by atoms with Gasteiger partial charge in [0.15, 0.2) is 0 Å². The van der Waals surface area contributed by atoms with Crippen LogP contribution in [0.5, 0.6) is 5.75 Å². The normalized spacial score (nSPS) is 14.8. The number of ether oxygens (including phenoxy) is 3. The Morgan fingerprint density at radius 2 is 1.82 bits per heavy atom. The predicted molar refractivity (Wildman–Crippen MR) is 122 cm³/mol. The van der Waals surface area contributed by atoms with Crippen molar-refractivity contribution in [2.24, 2.45) is 0 Å². The average Bonchev–Trinajstić information content (AvgIpc) is 2.83. The van der Waals surface area contributed by atoms with Gasteiger partial charge in [0, 0.05) is 31.0 Å². The van der Waals surface area contributed by atoms with Crippen molar-refractivity contribution >= 4 is 23.3 Å². The van der Waals surface area contributed by atoms with Gasteiger partial charge < -0.3 is 19.5 Å². The number of nitro benzene ring substituents is 1. The largest absolute Gasteiger partial charge is 0.493 e. The molecule has 0 radical (unpaired) electrons. The van der Waals surface area contributed by atoms with Gasteiger partial charge in [-0.15, -0.1) is 0 Å². The van der Waals surface area contributed by atoms with E-state index in [4.69, 9.17) is 14.2 Å². The fraction of sp³-hybridized carbons (Fsp3) is 0.417. The summed E-state index contributed by atoms with van der Waals surface area (Å²) in [6.07, 6.45) is 1.64. The molecule has 1 heterocycles. The van der Waals surface area contributed by atoms with Gasteiger partial charge >= 0.3 is 5.97 Å². The van der Waals surface area contributed by atoms with E-state index in [9.17, 15) is 19.7 Å². The van der Waals surface area contributed by atoms with Gasteiger partial charge in [0.2, 0.25) is 5.91 Å². The predicted octanol–water partition coefficient (Wildman–Crippen LogP) is 4.25. The number of hydrogen-bond acceptors (Lipinski definition) is 7. The maximum atomic E-state index is 13.5. The maximum absolute atomic E-state index is 13.5. The molecule has 1 N–H and O–H groups in total. The molecule has 1 saturated heterocycles. The molecule has 2 aromatic rings. The number of nitro groups is 1. The van der Waals surface area contributed by atoms with Gasteiger partial charge in [0.05, 0.1) is 23.6 Å². The first kappa shape index (κ1) is 24.2. The lowest BCUT2D eigenvalue weighted by Crippen LogP contribution is -2.44. The molecule has 1 aliphatic rings.